The topological polar surface area (TPSA) is 140 Å². The van der Waals surface area contributed by atoms with Crippen LogP contribution in [0.3, 0.4) is 0 Å². The van der Waals surface area contributed by atoms with Gasteiger partial charge in [0.2, 0.25) is 11.6 Å². The number of alkyl halides is 3. The number of hydrazone groups is 1. The molecule has 30 heavy (non-hydrogen) atoms. The van der Waals surface area contributed by atoms with Gasteiger partial charge >= 0.3 is 6.18 Å². The van der Waals surface area contributed by atoms with Crippen molar-refractivity contribution in [1.29, 1.82) is 0 Å². The molecule has 0 saturated heterocycles. The van der Waals surface area contributed by atoms with E-state index in [1.54, 1.807) is 19.0 Å². The summed E-state index contributed by atoms with van der Waals surface area (Å²) < 4.78 is 44.1. The summed E-state index contributed by atoms with van der Waals surface area (Å²) in [6, 6.07) is 4.50. The molecule has 0 atom stereocenters. The number of anilines is 1. The predicted octanol–water partition coefficient (Wildman–Crippen LogP) is 1.08. The fourth-order valence-corrected chi connectivity index (χ4v) is 2.44. The Labute approximate surface area is 167 Å². The number of nitrogens with one attached hydrogen (secondary N) is 1. The molecule has 3 aromatic rings. The number of carbonyl (C=O) groups excluding carboxylic acids is 1. The monoisotopic (exact) mass is 423 g/mol. The van der Waals surface area contributed by atoms with Gasteiger partial charge in [0.1, 0.15) is 0 Å². The average Bonchev–Trinajstić information content (AvgIpc) is 3.26. The van der Waals surface area contributed by atoms with E-state index in [0.717, 1.165) is 18.3 Å². The van der Waals surface area contributed by atoms with Gasteiger partial charge in [0, 0.05) is 6.54 Å². The molecule has 0 aliphatic carbocycles. The lowest BCUT2D eigenvalue weighted by Crippen LogP contribution is -2.23. The number of nitrogen functional groups attached to an aromatic ring is 1. The maximum atomic E-state index is 12.8. The van der Waals surface area contributed by atoms with Gasteiger partial charge in [0.25, 0.3) is 5.91 Å². The Morgan fingerprint density at radius 3 is 2.77 bits per heavy atom. The van der Waals surface area contributed by atoms with Gasteiger partial charge in [0.05, 0.1) is 17.5 Å². The van der Waals surface area contributed by atoms with Gasteiger partial charge in [-0.3, -0.25) is 4.79 Å². The highest BCUT2D eigenvalue weighted by Gasteiger charge is 2.30. The minimum Gasteiger partial charge on any atom is -0.378 e. The van der Waals surface area contributed by atoms with E-state index in [-0.39, 0.29) is 29.4 Å². The largest absolute Gasteiger partial charge is 0.416 e. The Morgan fingerprint density at radius 2 is 2.13 bits per heavy atom. The summed E-state index contributed by atoms with van der Waals surface area (Å²) in [5, 5.41) is 18.5. The van der Waals surface area contributed by atoms with Crippen LogP contribution in [-0.2, 0) is 12.7 Å². The molecule has 0 saturated carbocycles. The summed E-state index contributed by atoms with van der Waals surface area (Å²) >= 11 is 0. The summed E-state index contributed by atoms with van der Waals surface area (Å²) in [6.07, 6.45) is -3.40. The quantitative estimate of drug-likeness (QED) is 0.443. The van der Waals surface area contributed by atoms with Crippen LogP contribution in [0.2, 0.25) is 0 Å². The van der Waals surface area contributed by atoms with Gasteiger partial charge < -0.3 is 10.6 Å². The van der Waals surface area contributed by atoms with Crippen molar-refractivity contribution in [2.75, 3.05) is 19.8 Å². The molecule has 0 fully saturated rings. The number of carbonyl (C=O) groups is 1. The SMILES string of the molecule is CN(C)Cc1c(C(=O)NN=Cc2cccc(C(F)(F)F)c2)nnn1-c1nonc1N. The van der Waals surface area contributed by atoms with Crippen molar-refractivity contribution >= 4 is 17.9 Å². The summed E-state index contributed by atoms with van der Waals surface area (Å²) in [5.74, 6) is -0.711. The molecular weight excluding hydrogens is 407 g/mol. The number of nitrogens with two attached hydrogens (primary N) is 1. The van der Waals surface area contributed by atoms with Crippen LogP contribution in [0.1, 0.15) is 27.3 Å². The smallest absolute Gasteiger partial charge is 0.378 e. The highest BCUT2D eigenvalue weighted by atomic mass is 19.4. The third kappa shape index (κ3) is 4.60. The second-order valence-corrected chi connectivity index (χ2v) is 6.33. The molecule has 0 radical (unpaired) electrons. The first-order valence-corrected chi connectivity index (χ1v) is 8.35. The Hall–Kier alpha value is -3.81. The molecule has 158 valence electrons. The van der Waals surface area contributed by atoms with Crippen molar-refractivity contribution in [2.24, 2.45) is 5.10 Å². The second kappa shape index (κ2) is 8.28. The Morgan fingerprint density at radius 1 is 1.37 bits per heavy atom. The normalized spacial score (nSPS) is 12.1. The predicted molar refractivity (Wildman–Crippen MR) is 97.5 cm³/mol. The second-order valence-electron chi connectivity index (χ2n) is 6.33. The van der Waals surface area contributed by atoms with E-state index in [2.05, 4.69) is 35.8 Å². The fourth-order valence-electron chi connectivity index (χ4n) is 2.44. The van der Waals surface area contributed by atoms with Gasteiger partial charge in [-0.15, -0.1) is 5.10 Å². The molecule has 11 nitrogen and oxygen atoms in total. The fraction of sp³-hybridized carbons (Fsp3) is 0.250. The summed E-state index contributed by atoms with van der Waals surface area (Å²) in [6.45, 7) is 0.236. The number of hydrogen-bond acceptors (Lipinski definition) is 9. The number of amides is 1. The van der Waals surface area contributed by atoms with Crippen molar-refractivity contribution in [2.45, 2.75) is 12.7 Å². The summed E-state index contributed by atoms with van der Waals surface area (Å²) in [4.78, 5) is 14.3. The standard InChI is InChI=1S/C16H16F3N9O2/c1-27(2)8-11-12(22-26-28(11)14-13(20)24-30-25-14)15(29)23-21-7-9-4-3-5-10(6-9)16(17,18)19/h3-7H,8H2,1-2H3,(H2,20,24)(H,23,29). The lowest BCUT2D eigenvalue weighted by atomic mass is 10.1. The molecule has 14 heteroatoms. The van der Waals surface area contributed by atoms with E-state index in [9.17, 15) is 18.0 Å². The van der Waals surface area contributed by atoms with Gasteiger partial charge in [0.15, 0.2) is 5.69 Å². The number of aromatic nitrogens is 5. The van der Waals surface area contributed by atoms with E-state index >= 15 is 0 Å². The number of nitrogens with zero attached hydrogens (tertiary/aromatic N) is 7. The third-order valence-electron chi connectivity index (χ3n) is 3.73. The molecule has 3 N–H and O–H groups in total. The molecule has 1 aromatic carbocycles. The molecule has 2 aromatic heterocycles. The van der Waals surface area contributed by atoms with Crippen LogP contribution < -0.4 is 11.2 Å². The van der Waals surface area contributed by atoms with E-state index in [4.69, 9.17) is 5.73 Å². The number of hydrogen-bond donors (Lipinski definition) is 2. The first kappa shape index (κ1) is 20.9. The van der Waals surface area contributed by atoms with Crippen LogP contribution in [0.4, 0.5) is 19.0 Å². The maximum Gasteiger partial charge on any atom is 0.416 e. The molecular formula is C16H16F3N9O2. The molecule has 0 unspecified atom stereocenters. The van der Waals surface area contributed by atoms with Crippen molar-refractivity contribution in [3.05, 3.63) is 46.8 Å². The van der Waals surface area contributed by atoms with Gasteiger partial charge in [-0.05, 0) is 42.1 Å². The van der Waals surface area contributed by atoms with Crippen LogP contribution in [0.25, 0.3) is 5.82 Å². The van der Waals surface area contributed by atoms with Crippen molar-refractivity contribution in [3.63, 3.8) is 0 Å². The van der Waals surface area contributed by atoms with Gasteiger partial charge in [-0.1, -0.05) is 17.3 Å². The number of benzene rings is 1. The Bertz CT molecular complexity index is 1070. The zero-order valence-electron chi connectivity index (χ0n) is 15.8. The van der Waals surface area contributed by atoms with Gasteiger partial charge in [-0.25, -0.2) is 10.1 Å². The Kier molecular flexibility index (Phi) is 5.77. The zero-order chi connectivity index (χ0) is 21.9. The molecule has 0 aliphatic rings. The molecule has 1 amide bonds. The average molecular weight is 423 g/mol. The number of halogens is 3. The van der Waals surface area contributed by atoms with Crippen LogP contribution in [0, 0.1) is 0 Å². The van der Waals surface area contributed by atoms with Crippen LogP contribution >= 0.6 is 0 Å². The van der Waals surface area contributed by atoms with E-state index in [1.165, 1.54) is 16.8 Å². The lowest BCUT2D eigenvalue weighted by molar-refractivity contribution is -0.137. The maximum absolute atomic E-state index is 12.8. The molecule has 3 rings (SSSR count). The minimum absolute atomic E-state index is 0.0468. The number of rotatable bonds is 6. The highest BCUT2D eigenvalue weighted by molar-refractivity contribution is 5.94. The van der Waals surface area contributed by atoms with Crippen molar-refractivity contribution in [1.82, 2.24) is 35.6 Å². The first-order valence-electron chi connectivity index (χ1n) is 8.35. The molecule has 0 bridgehead atoms. The van der Waals surface area contributed by atoms with Crippen LogP contribution in [-0.4, -0.2) is 56.4 Å². The van der Waals surface area contributed by atoms with Crippen molar-refractivity contribution in [3.8, 4) is 5.82 Å². The van der Waals surface area contributed by atoms with Crippen LogP contribution in [0.15, 0.2) is 34.0 Å². The Balaban J connectivity index is 1.81. The molecule has 0 aliphatic heterocycles. The first-order chi connectivity index (χ1) is 14.2. The van der Waals surface area contributed by atoms with Gasteiger partial charge in [-0.2, -0.15) is 23.0 Å². The molecule has 2 heterocycles. The minimum atomic E-state index is -4.48. The van der Waals surface area contributed by atoms with Crippen LogP contribution in [0.5, 0.6) is 0 Å². The highest BCUT2D eigenvalue weighted by Crippen LogP contribution is 2.29. The zero-order valence-corrected chi connectivity index (χ0v) is 15.8. The van der Waals surface area contributed by atoms with Crippen molar-refractivity contribution < 1.29 is 22.6 Å². The van der Waals surface area contributed by atoms with E-state index in [1.807, 2.05) is 0 Å². The third-order valence-corrected chi connectivity index (χ3v) is 3.73. The lowest BCUT2D eigenvalue weighted by Gasteiger charge is -2.11. The molecule has 0 spiro atoms. The van der Waals surface area contributed by atoms with E-state index < -0.39 is 17.6 Å². The summed E-state index contributed by atoms with van der Waals surface area (Å²) in [5.41, 5.74) is 7.47. The van der Waals surface area contributed by atoms with E-state index in [0.29, 0.717) is 5.69 Å². The summed E-state index contributed by atoms with van der Waals surface area (Å²) in [7, 11) is 3.52.